The lowest BCUT2D eigenvalue weighted by atomic mass is 10.3. The van der Waals surface area contributed by atoms with Gasteiger partial charge >= 0.3 is 0 Å². The fourth-order valence-corrected chi connectivity index (χ4v) is 1.44. The second-order valence-electron chi connectivity index (χ2n) is 3.91. The van der Waals surface area contributed by atoms with Crippen LogP contribution in [0.15, 0.2) is 6.07 Å². The highest BCUT2D eigenvalue weighted by Crippen LogP contribution is 2.28. The van der Waals surface area contributed by atoms with Crippen LogP contribution in [0.4, 0.5) is 5.95 Å². The Balaban J connectivity index is 2.10. The Bertz CT molecular complexity index is 387. The average molecular weight is 222 g/mol. The minimum Gasteiger partial charge on any atom is -0.388 e. The Labute approximate surface area is 94.3 Å². The summed E-state index contributed by atoms with van der Waals surface area (Å²) in [5.41, 5.74) is 7.05. The van der Waals surface area contributed by atoms with Gasteiger partial charge in [0.15, 0.2) is 0 Å². The molecular weight excluding hydrogens is 208 g/mol. The first kappa shape index (κ1) is 10.3. The summed E-state index contributed by atoms with van der Waals surface area (Å²) < 4.78 is 0. The van der Waals surface area contributed by atoms with Gasteiger partial charge in [-0.3, -0.25) is 0 Å². The van der Waals surface area contributed by atoms with E-state index in [9.17, 15) is 0 Å². The maximum atomic E-state index is 5.53. The highest BCUT2D eigenvalue weighted by molar-refractivity contribution is 7.80. The molecule has 2 rings (SSSR count). The van der Waals surface area contributed by atoms with Crippen molar-refractivity contribution < 1.29 is 0 Å². The Kier molecular flexibility index (Phi) is 2.81. The second kappa shape index (κ2) is 4.10. The fraction of sp³-hybridized carbons (Fsp3) is 0.500. The first-order valence-electron chi connectivity index (χ1n) is 5.04. The van der Waals surface area contributed by atoms with Gasteiger partial charge in [-0.25, -0.2) is 9.97 Å². The normalized spacial score (nSPS) is 15.0. The Morgan fingerprint density at radius 3 is 2.93 bits per heavy atom. The third-order valence-corrected chi connectivity index (χ3v) is 2.56. The molecule has 3 N–H and O–H groups in total. The lowest BCUT2D eigenvalue weighted by molar-refractivity contribution is 0.870. The molecule has 1 aromatic rings. The van der Waals surface area contributed by atoms with E-state index in [1.54, 1.807) is 6.07 Å². The molecule has 0 radical (unpaired) electrons. The summed E-state index contributed by atoms with van der Waals surface area (Å²) in [5, 5.41) is 3.21. The molecule has 1 aromatic heterocycles. The summed E-state index contributed by atoms with van der Waals surface area (Å²) in [7, 11) is 0. The van der Waals surface area contributed by atoms with Crippen molar-refractivity contribution in [3.8, 4) is 0 Å². The molecule has 0 spiro atoms. The van der Waals surface area contributed by atoms with Crippen LogP contribution in [0.5, 0.6) is 0 Å². The number of thiocarbonyl (C=S) groups is 1. The molecule has 0 amide bonds. The van der Waals surface area contributed by atoms with Gasteiger partial charge in [-0.15, -0.1) is 0 Å². The van der Waals surface area contributed by atoms with Crippen molar-refractivity contribution in [1.82, 2.24) is 9.97 Å². The van der Waals surface area contributed by atoms with Gasteiger partial charge in [0.1, 0.15) is 10.7 Å². The summed E-state index contributed by atoms with van der Waals surface area (Å²) in [4.78, 5) is 8.84. The Hall–Kier alpha value is -1.23. The topological polar surface area (TPSA) is 63.8 Å². The van der Waals surface area contributed by atoms with Gasteiger partial charge < -0.3 is 11.1 Å². The molecule has 1 aliphatic carbocycles. The van der Waals surface area contributed by atoms with Crippen molar-refractivity contribution in [1.29, 1.82) is 0 Å². The van der Waals surface area contributed by atoms with Crippen molar-refractivity contribution in [3.05, 3.63) is 17.5 Å². The van der Waals surface area contributed by atoms with E-state index >= 15 is 0 Å². The van der Waals surface area contributed by atoms with E-state index in [2.05, 4.69) is 15.3 Å². The molecule has 15 heavy (non-hydrogen) atoms. The van der Waals surface area contributed by atoms with Gasteiger partial charge in [0.05, 0.1) is 0 Å². The maximum Gasteiger partial charge on any atom is 0.223 e. The minimum atomic E-state index is 0.315. The molecule has 1 heterocycles. The SMILES string of the molecule is Cc1cc(C(N)=S)nc(NCC2CC2)n1. The van der Waals surface area contributed by atoms with Crippen molar-refractivity contribution in [2.24, 2.45) is 11.7 Å². The maximum absolute atomic E-state index is 5.53. The van der Waals surface area contributed by atoms with E-state index in [0.29, 0.717) is 16.6 Å². The monoisotopic (exact) mass is 222 g/mol. The van der Waals surface area contributed by atoms with Crippen LogP contribution < -0.4 is 11.1 Å². The van der Waals surface area contributed by atoms with Gasteiger partial charge in [-0.05, 0) is 31.7 Å². The van der Waals surface area contributed by atoms with E-state index in [-0.39, 0.29) is 0 Å². The van der Waals surface area contributed by atoms with Gasteiger partial charge in [-0.2, -0.15) is 0 Å². The number of anilines is 1. The Morgan fingerprint density at radius 2 is 2.33 bits per heavy atom. The van der Waals surface area contributed by atoms with Crippen molar-refractivity contribution in [2.75, 3.05) is 11.9 Å². The zero-order valence-corrected chi connectivity index (χ0v) is 9.47. The number of nitrogens with zero attached hydrogens (tertiary/aromatic N) is 2. The molecule has 5 heteroatoms. The number of nitrogens with one attached hydrogen (secondary N) is 1. The summed E-state index contributed by atoms with van der Waals surface area (Å²) in [6, 6.07) is 1.80. The fourth-order valence-electron chi connectivity index (χ4n) is 1.33. The third kappa shape index (κ3) is 2.86. The number of hydrogen-bond acceptors (Lipinski definition) is 4. The van der Waals surface area contributed by atoms with Gasteiger partial charge in [0.2, 0.25) is 5.95 Å². The molecule has 0 unspecified atom stereocenters. The number of aryl methyl sites for hydroxylation is 1. The molecule has 0 aromatic carbocycles. The zero-order valence-electron chi connectivity index (χ0n) is 8.66. The highest BCUT2D eigenvalue weighted by atomic mass is 32.1. The molecule has 0 atom stereocenters. The van der Waals surface area contributed by atoms with E-state index in [4.69, 9.17) is 18.0 Å². The predicted octanol–water partition coefficient (Wildman–Crippen LogP) is 1.24. The molecule has 4 nitrogen and oxygen atoms in total. The smallest absolute Gasteiger partial charge is 0.223 e. The van der Waals surface area contributed by atoms with Crippen LogP contribution in [-0.4, -0.2) is 21.5 Å². The molecule has 1 fully saturated rings. The van der Waals surface area contributed by atoms with Crippen LogP contribution in [0.3, 0.4) is 0 Å². The predicted molar refractivity (Wildman–Crippen MR) is 63.9 cm³/mol. The number of nitrogens with two attached hydrogens (primary N) is 1. The summed E-state index contributed by atoms with van der Waals surface area (Å²) in [5.74, 6) is 1.42. The van der Waals surface area contributed by atoms with Gasteiger partial charge in [0, 0.05) is 12.2 Å². The van der Waals surface area contributed by atoms with Crippen molar-refractivity contribution in [2.45, 2.75) is 19.8 Å². The molecule has 1 aliphatic rings. The third-order valence-electron chi connectivity index (χ3n) is 2.35. The number of hydrogen-bond donors (Lipinski definition) is 2. The van der Waals surface area contributed by atoms with Crippen LogP contribution in [0.2, 0.25) is 0 Å². The largest absolute Gasteiger partial charge is 0.388 e. The van der Waals surface area contributed by atoms with Crippen LogP contribution in [0.25, 0.3) is 0 Å². The molecule has 0 bridgehead atoms. The highest BCUT2D eigenvalue weighted by Gasteiger charge is 2.21. The first-order valence-corrected chi connectivity index (χ1v) is 5.45. The van der Waals surface area contributed by atoms with Gasteiger partial charge in [0.25, 0.3) is 0 Å². The minimum absolute atomic E-state index is 0.315. The average Bonchev–Trinajstić information content (AvgIpc) is 2.97. The summed E-state index contributed by atoms with van der Waals surface area (Å²) >= 11 is 4.89. The Morgan fingerprint density at radius 1 is 1.60 bits per heavy atom. The lowest BCUT2D eigenvalue weighted by Crippen LogP contribution is -2.15. The van der Waals surface area contributed by atoms with Crippen molar-refractivity contribution >= 4 is 23.2 Å². The summed E-state index contributed by atoms with van der Waals surface area (Å²) in [6.07, 6.45) is 2.61. The summed E-state index contributed by atoms with van der Waals surface area (Å²) in [6.45, 7) is 2.85. The lowest BCUT2D eigenvalue weighted by Gasteiger charge is -2.06. The molecule has 80 valence electrons. The van der Waals surface area contributed by atoms with Gasteiger partial charge in [-0.1, -0.05) is 12.2 Å². The van der Waals surface area contributed by atoms with Crippen LogP contribution >= 0.6 is 12.2 Å². The van der Waals surface area contributed by atoms with E-state index in [1.807, 2.05) is 6.92 Å². The van der Waals surface area contributed by atoms with E-state index < -0.39 is 0 Å². The number of aromatic nitrogens is 2. The standard InChI is InChI=1S/C10H14N4S/c1-6-4-8(9(11)15)14-10(13-6)12-5-7-2-3-7/h4,7H,2-3,5H2,1H3,(H2,11,15)(H,12,13,14). The first-order chi connectivity index (χ1) is 7.15. The zero-order chi connectivity index (χ0) is 10.8. The molecule has 0 saturated heterocycles. The van der Waals surface area contributed by atoms with Crippen LogP contribution in [0, 0.1) is 12.8 Å². The second-order valence-corrected chi connectivity index (χ2v) is 4.35. The molecule has 0 aliphatic heterocycles. The van der Waals surface area contributed by atoms with Crippen LogP contribution in [0.1, 0.15) is 24.2 Å². The van der Waals surface area contributed by atoms with E-state index in [1.165, 1.54) is 12.8 Å². The van der Waals surface area contributed by atoms with Crippen LogP contribution in [-0.2, 0) is 0 Å². The number of rotatable bonds is 4. The quantitative estimate of drug-likeness (QED) is 0.750. The van der Waals surface area contributed by atoms with Crippen molar-refractivity contribution in [3.63, 3.8) is 0 Å². The molecule has 1 saturated carbocycles. The molecular formula is C10H14N4S. The van der Waals surface area contributed by atoms with E-state index in [0.717, 1.165) is 18.2 Å².